The van der Waals surface area contributed by atoms with Crippen molar-refractivity contribution in [2.45, 2.75) is 0 Å². The van der Waals surface area contributed by atoms with Gasteiger partial charge in [0, 0.05) is 5.56 Å². The van der Waals surface area contributed by atoms with Gasteiger partial charge >= 0.3 is 6.03 Å². The number of nitrogens with zero attached hydrogens (tertiary/aromatic N) is 1. The van der Waals surface area contributed by atoms with Gasteiger partial charge in [0.25, 0.3) is 5.91 Å². The number of hydrogen-bond acceptors (Lipinski definition) is 5. The molecular weight excluding hydrogens is 312 g/mol. The number of aromatic hydroxyl groups is 1. The summed E-state index contributed by atoms with van der Waals surface area (Å²) in [6.07, 6.45) is 0. The molecule has 2 N–H and O–H groups in total. The van der Waals surface area contributed by atoms with Gasteiger partial charge in [0.1, 0.15) is 5.75 Å². The Kier molecular flexibility index (Phi) is 3.83. The second-order valence-electron chi connectivity index (χ2n) is 5.15. The van der Waals surface area contributed by atoms with Crippen molar-refractivity contribution in [2.75, 3.05) is 4.90 Å². The van der Waals surface area contributed by atoms with Gasteiger partial charge in [-0.25, -0.2) is 9.69 Å². The number of benzene rings is 2. The highest BCUT2D eigenvalue weighted by Gasteiger charge is 2.45. The van der Waals surface area contributed by atoms with Crippen LogP contribution in [0.1, 0.15) is 10.4 Å². The monoisotopic (exact) mass is 324 g/mol. The summed E-state index contributed by atoms with van der Waals surface area (Å²) in [5, 5.41) is 11.3. The molecule has 0 bridgehead atoms. The number of carbonyl (C=O) groups is 4. The van der Waals surface area contributed by atoms with Crippen molar-refractivity contribution in [3.8, 4) is 5.75 Å². The van der Waals surface area contributed by atoms with Crippen molar-refractivity contribution in [1.29, 1.82) is 0 Å². The number of Topliss-reactive ketones (excluding diaryl/α,β-unsaturated/α-hetero) is 1. The Balaban J connectivity index is 1.96. The summed E-state index contributed by atoms with van der Waals surface area (Å²) < 4.78 is 0. The van der Waals surface area contributed by atoms with Crippen LogP contribution in [0.4, 0.5) is 10.5 Å². The van der Waals surface area contributed by atoms with Gasteiger partial charge in [0.05, 0.1) is 5.69 Å². The summed E-state index contributed by atoms with van der Waals surface area (Å²) >= 11 is 0. The molecular formula is C17H12N2O5. The predicted molar refractivity (Wildman–Crippen MR) is 83.4 cm³/mol. The van der Waals surface area contributed by atoms with Crippen LogP contribution >= 0.6 is 0 Å². The number of imide groups is 2. The van der Waals surface area contributed by atoms with Gasteiger partial charge in [-0.05, 0) is 36.4 Å². The highest BCUT2D eigenvalue weighted by atomic mass is 16.3. The number of amides is 4. The number of rotatable bonds is 3. The number of carbonyl (C=O) groups excluding carboxylic acids is 4. The first-order valence-corrected chi connectivity index (χ1v) is 7.06. The van der Waals surface area contributed by atoms with Crippen LogP contribution in [-0.4, -0.2) is 28.7 Å². The van der Waals surface area contributed by atoms with Gasteiger partial charge in [0.15, 0.2) is 11.7 Å². The van der Waals surface area contributed by atoms with E-state index >= 15 is 0 Å². The fourth-order valence-corrected chi connectivity index (χ4v) is 2.42. The Morgan fingerprint density at radius 1 is 0.958 bits per heavy atom. The molecule has 24 heavy (non-hydrogen) atoms. The molecule has 1 atom stereocenters. The predicted octanol–water partition coefficient (Wildman–Crippen LogP) is 1.47. The van der Waals surface area contributed by atoms with E-state index in [1.54, 1.807) is 18.2 Å². The first kappa shape index (κ1) is 15.4. The zero-order valence-electron chi connectivity index (χ0n) is 12.3. The molecule has 1 heterocycles. The summed E-state index contributed by atoms with van der Waals surface area (Å²) in [4.78, 5) is 49.9. The molecule has 7 nitrogen and oxygen atoms in total. The number of ketones is 1. The maximum Gasteiger partial charge on any atom is 0.335 e. The Morgan fingerprint density at radius 2 is 1.58 bits per heavy atom. The van der Waals surface area contributed by atoms with Gasteiger partial charge in [-0.3, -0.25) is 19.7 Å². The van der Waals surface area contributed by atoms with Crippen molar-refractivity contribution in [3.05, 3.63) is 60.2 Å². The Hall–Kier alpha value is -3.48. The molecule has 1 fully saturated rings. The van der Waals surface area contributed by atoms with Crippen LogP contribution in [0.3, 0.4) is 0 Å². The first-order valence-electron chi connectivity index (χ1n) is 7.06. The van der Waals surface area contributed by atoms with Gasteiger partial charge in [-0.2, -0.15) is 0 Å². The number of hydrogen-bond donors (Lipinski definition) is 2. The van der Waals surface area contributed by atoms with Gasteiger partial charge in [0.2, 0.25) is 5.91 Å². The largest absolute Gasteiger partial charge is 0.508 e. The van der Waals surface area contributed by atoms with Gasteiger partial charge < -0.3 is 5.11 Å². The van der Waals surface area contributed by atoms with Crippen molar-refractivity contribution in [1.82, 2.24) is 5.32 Å². The lowest BCUT2D eigenvalue weighted by atomic mass is 9.93. The minimum absolute atomic E-state index is 0.0490. The van der Waals surface area contributed by atoms with E-state index < -0.39 is 29.5 Å². The maximum atomic E-state index is 12.6. The lowest BCUT2D eigenvalue weighted by molar-refractivity contribution is -0.132. The Labute approximate surface area is 136 Å². The molecule has 0 aliphatic carbocycles. The van der Waals surface area contributed by atoms with Crippen molar-refractivity contribution in [3.63, 3.8) is 0 Å². The van der Waals surface area contributed by atoms with E-state index in [1.807, 2.05) is 5.32 Å². The highest BCUT2D eigenvalue weighted by Crippen LogP contribution is 2.23. The van der Waals surface area contributed by atoms with Crippen molar-refractivity contribution < 1.29 is 24.3 Å². The van der Waals surface area contributed by atoms with Crippen LogP contribution in [0.15, 0.2) is 54.6 Å². The van der Waals surface area contributed by atoms with Crippen LogP contribution in [0.2, 0.25) is 0 Å². The van der Waals surface area contributed by atoms with Gasteiger partial charge in [-0.1, -0.05) is 18.2 Å². The molecule has 0 saturated carbocycles. The van der Waals surface area contributed by atoms with E-state index in [0.717, 1.165) is 4.90 Å². The number of phenols is 1. The SMILES string of the molecule is O=C1NC(=O)N(c2ccccc2)C(=O)C1C(=O)c1ccc(O)cc1. The number of barbiturate groups is 1. The normalized spacial score (nSPS) is 17.6. The fourth-order valence-electron chi connectivity index (χ4n) is 2.42. The number of phenolic OH excluding ortho intramolecular Hbond substituents is 1. The molecule has 2 aromatic carbocycles. The van der Waals surface area contributed by atoms with Crippen LogP contribution in [-0.2, 0) is 9.59 Å². The third-order valence-corrected chi connectivity index (χ3v) is 3.59. The smallest absolute Gasteiger partial charge is 0.335 e. The number of urea groups is 1. The Bertz CT molecular complexity index is 830. The van der Waals surface area contributed by atoms with Crippen LogP contribution in [0, 0.1) is 5.92 Å². The average Bonchev–Trinajstić information content (AvgIpc) is 2.56. The first-order chi connectivity index (χ1) is 11.5. The van der Waals surface area contributed by atoms with Crippen LogP contribution in [0.25, 0.3) is 0 Å². The highest BCUT2D eigenvalue weighted by molar-refractivity contribution is 6.36. The van der Waals surface area contributed by atoms with E-state index in [1.165, 1.54) is 36.4 Å². The average molecular weight is 324 g/mol. The fraction of sp³-hybridized carbons (Fsp3) is 0.0588. The van der Waals surface area contributed by atoms with E-state index in [2.05, 4.69) is 0 Å². The standard InChI is InChI=1S/C17H12N2O5/c20-12-8-6-10(7-9-12)14(21)13-15(22)18-17(24)19(16(13)23)11-4-2-1-3-5-11/h1-9,13,20H,(H,18,22,24). The summed E-state index contributed by atoms with van der Waals surface area (Å²) in [5.41, 5.74) is 0.347. The molecule has 2 aromatic rings. The minimum atomic E-state index is -1.66. The van der Waals surface area contributed by atoms with E-state index in [4.69, 9.17) is 0 Å². The van der Waals surface area contributed by atoms with Gasteiger partial charge in [-0.15, -0.1) is 0 Å². The summed E-state index contributed by atoms with van der Waals surface area (Å²) in [5.74, 6) is -4.33. The third-order valence-electron chi connectivity index (χ3n) is 3.59. The maximum absolute atomic E-state index is 12.6. The zero-order chi connectivity index (χ0) is 17.3. The molecule has 4 amide bonds. The topological polar surface area (TPSA) is 104 Å². The minimum Gasteiger partial charge on any atom is -0.508 e. The van der Waals surface area contributed by atoms with Crippen LogP contribution < -0.4 is 10.2 Å². The number of para-hydroxylation sites is 1. The molecule has 120 valence electrons. The van der Waals surface area contributed by atoms with E-state index in [-0.39, 0.29) is 17.0 Å². The molecule has 1 aliphatic heterocycles. The number of nitrogens with one attached hydrogen (secondary N) is 1. The molecule has 7 heteroatoms. The summed E-state index contributed by atoms with van der Waals surface area (Å²) in [6.45, 7) is 0. The molecule has 0 aromatic heterocycles. The zero-order valence-corrected chi connectivity index (χ0v) is 12.3. The lowest BCUT2D eigenvalue weighted by Crippen LogP contribution is -2.60. The summed E-state index contributed by atoms with van der Waals surface area (Å²) in [6, 6.07) is 12.3. The molecule has 0 radical (unpaired) electrons. The third kappa shape index (κ3) is 2.63. The number of anilines is 1. The summed E-state index contributed by atoms with van der Waals surface area (Å²) in [7, 11) is 0. The van der Waals surface area contributed by atoms with E-state index in [9.17, 15) is 24.3 Å². The molecule has 0 spiro atoms. The second-order valence-corrected chi connectivity index (χ2v) is 5.15. The Morgan fingerprint density at radius 3 is 2.21 bits per heavy atom. The van der Waals surface area contributed by atoms with Crippen molar-refractivity contribution in [2.24, 2.45) is 5.92 Å². The molecule has 1 saturated heterocycles. The lowest BCUT2D eigenvalue weighted by Gasteiger charge is -2.29. The van der Waals surface area contributed by atoms with E-state index in [0.29, 0.717) is 0 Å². The quantitative estimate of drug-likeness (QED) is 0.657. The van der Waals surface area contributed by atoms with Crippen LogP contribution in [0.5, 0.6) is 5.75 Å². The molecule has 3 rings (SSSR count). The molecule has 1 aliphatic rings. The second kappa shape index (κ2) is 5.96. The molecule has 1 unspecified atom stereocenters. The van der Waals surface area contributed by atoms with Crippen molar-refractivity contribution >= 4 is 29.3 Å².